The number of rotatable bonds is 6. The number of ether oxygens (including phenoxy) is 1. The summed E-state index contributed by atoms with van der Waals surface area (Å²) in [6, 6.07) is 3.94. The molecule has 0 amide bonds. The van der Waals surface area contributed by atoms with Gasteiger partial charge in [-0.25, -0.2) is 0 Å². The maximum Gasteiger partial charge on any atom is 0.193 e. The lowest BCUT2D eigenvalue weighted by Crippen LogP contribution is -2.42. The highest BCUT2D eigenvalue weighted by atomic mass is 16.5. The third-order valence-corrected chi connectivity index (χ3v) is 4.74. The Morgan fingerprint density at radius 1 is 1.33 bits per heavy atom. The van der Waals surface area contributed by atoms with Crippen molar-refractivity contribution >= 4 is 5.96 Å². The molecule has 24 heavy (non-hydrogen) atoms. The van der Waals surface area contributed by atoms with Crippen molar-refractivity contribution in [3.63, 3.8) is 0 Å². The molecule has 2 aliphatic heterocycles. The van der Waals surface area contributed by atoms with Crippen molar-refractivity contribution in [2.45, 2.75) is 19.8 Å². The number of hydrogen-bond acceptors (Lipinski definition) is 4. The second-order valence-corrected chi connectivity index (χ2v) is 6.58. The molecule has 0 aliphatic carbocycles. The van der Waals surface area contributed by atoms with Crippen molar-refractivity contribution in [2.24, 2.45) is 10.9 Å². The number of morpholine rings is 1. The molecule has 1 atom stereocenters. The number of likely N-dealkylation sites (tertiary alicyclic amines) is 1. The summed E-state index contributed by atoms with van der Waals surface area (Å²) in [6.45, 7) is 11.1. The molecule has 0 aromatic carbocycles. The Kier molecular flexibility index (Phi) is 6.55. The first-order chi connectivity index (χ1) is 11.8. The van der Waals surface area contributed by atoms with E-state index in [0.29, 0.717) is 0 Å². The number of guanidine groups is 1. The Balaban J connectivity index is 1.48. The van der Waals surface area contributed by atoms with Crippen LogP contribution >= 0.6 is 0 Å². The van der Waals surface area contributed by atoms with E-state index in [9.17, 15) is 0 Å². The maximum atomic E-state index is 5.44. The first-order valence-electron chi connectivity index (χ1n) is 9.21. The number of nitrogens with zero attached hydrogens (tertiary/aromatic N) is 3. The van der Waals surface area contributed by atoms with Gasteiger partial charge in [-0.2, -0.15) is 0 Å². The van der Waals surface area contributed by atoms with Crippen LogP contribution in [0.25, 0.3) is 0 Å². The Morgan fingerprint density at radius 2 is 2.21 bits per heavy atom. The van der Waals surface area contributed by atoms with Gasteiger partial charge in [-0.05, 0) is 31.4 Å². The van der Waals surface area contributed by atoms with Gasteiger partial charge in [-0.3, -0.25) is 9.89 Å². The van der Waals surface area contributed by atoms with Crippen molar-refractivity contribution in [1.82, 2.24) is 15.1 Å². The monoisotopic (exact) mass is 334 g/mol. The molecular formula is C18H30N4O2. The van der Waals surface area contributed by atoms with Gasteiger partial charge in [0.2, 0.25) is 0 Å². The molecule has 1 aromatic heterocycles. The molecule has 2 saturated heterocycles. The van der Waals surface area contributed by atoms with Crippen LogP contribution in [0.1, 0.15) is 19.1 Å². The van der Waals surface area contributed by atoms with Gasteiger partial charge < -0.3 is 19.4 Å². The van der Waals surface area contributed by atoms with E-state index < -0.39 is 0 Å². The second-order valence-electron chi connectivity index (χ2n) is 6.58. The maximum absolute atomic E-state index is 5.44. The van der Waals surface area contributed by atoms with Crippen molar-refractivity contribution in [3.8, 4) is 0 Å². The van der Waals surface area contributed by atoms with Gasteiger partial charge in [-0.1, -0.05) is 0 Å². The Morgan fingerprint density at radius 3 is 2.96 bits per heavy atom. The third-order valence-electron chi connectivity index (χ3n) is 4.74. The standard InChI is InChI=1S/C18H30N4O2/c1-2-19-18(20-7-5-17-4-3-11-24-17)22-8-6-16(15-22)14-21-9-12-23-13-10-21/h3-4,11,16H,2,5-10,12-15H2,1H3,(H,19,20). The van der Waals surface area contributed by atoms with Gasteiger partial charge >= 0.3 is 0 Å². The Labute approximate surface area is 144 Å². The van der Waals surface area contributed by atoms with Crippen LogP contribution in [0.15, 0.2) is 27.8 Å². The number of aliphatic imine (C=N–C) groups is 1. The summed E-state index contributed by atoms with van der Waals surface area (Å²) < 4.78 is 10.8. The molecule has 1 unspecified atom stereocenters. The minimum atomic E-state index is 0.733. The number of nitrogens with one attached hydrogen (secondary N) is 1. The van der Waals surface area contributed by atoms with Crippen molar-refractivity contribution < 1.29 is 9.15 Å². The van der Waals surface area contributed by atoms with Crippen LogP contribution in [0, 0.1) is 5.92 Å². The third kappa shape index (κ3) is 4.98. The average molecular weight is 334 g/mol. The molecule has 2 aliphatic rings. The highest BCUT2D eigenvalue weighted by Gasteiger charge is 2.27. The van der Waals surface area contributed by atoms with Crippen LogP contribution in [0.2, 0.25) is 0 Å². The zero-order valence-corrected chi connectivity index (χ0v) is 14.7. The van der Waals surface area contributed by atoms with Crippen molar-refractivity contribution in [2.75, 3.05) is 59.0 Å². The van der Waals surface area contributed by atoms with Crippen LogP contribution in [0.3, 0.4) is 0 Å². The molecule has 134 valence electrons. The van der Waals surface area contributed by atoms with E-state index in [0.717, 1.165) is 76.5 Å². The molecule has 1 aromatic rings. The molecule has 6 heteroatoms. The van der Waals surface area contributed by atoms with Crippen LogP contribution in [-0.2, 0) is 11.2 Å². The van der Waals surface area contributed by atoms with Crippen LogP contribution in [-0.4, -0.2) is 74.8 Å². The van der Waals surface area contributed by atoms with E-state index in [1.807, 2.05) is 12.1 Å². The molecule has 0 radical (unpaired) electrons. The van der Waals surface area contributed by atoms with E-state index in [4.69, 9.17) is 14.1 Å². The zero-order valence-electron chi connectivity index (χ0n) is 14.7. The van der Waals surface area contributed by atoms with Gasteiger partial charge in [0.1, 0.15) is 5.76 Å². The van der Waals surface area contributed by atoms with Crippen LogP contribution < -0.4 is 5.32 Å². The smallest absolute Gasteiger partial charge is 0.193 e. The second kappa shape index (κ2) is 9.08. The lowest BCUT2D eigenvalue weighted by atomic mass is 10.1. The highest BCUT2D eigenvalue weighted by molar-refractivity contribution is 5.80. The summed E-state index contributed by atoms with van der Waals surface area (Å²) in [4.78, 5) is 9.74. The molecule has 3 rings (SSSR count). The molecule has 0 spiro atoms. The molecule has 0 saturated carbocycles. The van der Waals surface area contributed by atoms with Crippen LogP contribution in [0.4, 0.5) is 0 Å². The van der Waals surface area contributed by atoms with E-state index in [2.05, 4.69) is 22.0 Å². The van der Waals surface area contributed by atoms with Gasteiger partial charge in [0.15, 0.2) is 5.96 Å². The summed E-state index contributed by atoms with van der Waals surface area (Å²) in [6.07, 6.45) is 3.83. The summed E-state index contributed by atoms with van der Waals surface area (Å²) in [7, 11) is 0. The Hall–Kier alpha value is -1.53. The summed E-state index contributed by atoms with van der Waals surface area (Å²) in [5, 5.41) is 3.44. The van der Waals surface area contributed by atoms with Crippen LogP contribution in [0.5, 0.6) is 0 Å². The minimum absolute atomic E-state index is 0.733. The van der Waals surface area contributed by atoms with E-state index >= 15 is 0 Å². The first-order valence-corrected chi connectivity index (χ1v) is 9.21. The fraction of sp³-hybridized carbons (Fsp3) is 0.722. The van der Waals surface area contributed by atoms with Gasteiger partial charge in [0, 0.05) is 52.2 Å². The molecule has 6 nitrogen and oxygen atoms in total. The summed E-state index contributed by atoms with van der Waals surface area (Å²) >= 11 is 0. The molecule has 2 fully saturated rings. The SMILES string of the molecule is CCNC(=NCCc1ccco1)N1CCC(CN2CCOCC2)C1. The predicted octanol–water partition coefficient (Wildman–Crippen LogP) is 1.44. The molecular weight excluding hydrogens is 304 g/mol. The van der Waals surface area contributed by atoms with E-state index in [1.165, 1.54) is 13.0 Å². The predicted molar refractivity (Wildman–Crippen MR) is 95.3 cm³/mol. The Bertz CT molecular complexity index is 497. The molecule has 0 bridgehead atoms. The fourth-order valence-electron chi connectivity index (χ4n) is 3.48. The highest BCUT2D eigenvalue weighted by Crippen LogP contribution is 2.18. The summed E-state index contributed by atoms with van der Waals surface area (Å²) in [5.41, 5.74) is 0. The normalized spacial score (nSPS) is 23.0. The van der Waals surface area contributed by atoms with Crippen molar-refractivity contribution in [3.05, 3.63) is 24.2 Å². The van der Waals surface area contributed by atoms with E-state index in [-0.39, 0.29) is 0 Å². The zero-order chi connectivity index (χ0) is 16.6. The molecule has 3 heterocycles. The average Bonchev–Trinajstić information content (AvgIpc) is 3.27. The first kappa shape index (κ1) is 17.3. The minimum Gasteiger partial charge on any atom is -0.469 e. The lowest BCUT2D eigenvalue weighted by molar-refractivity contribution is 0.0315. The number of furan rings is 1. The van der Waals surface area contributed by atoms with E-state index in [1.54, 1.807) is 6.26 Å². The van der Waals surface area contributed by atoms with Gasteiger partial charge in [0.05, 0.1) is 19.5 Å². The topological polar surface area (TPSA) is 53.2 Å². The van der Waals surface area contributed by atoms with Gasteiger partial charge in [-0.15, -0.1) is 0 Å². The lowest BCUT2D eigenvalue weighted by Gasteiger charge is -2.29. The fourth-order valence-corrected chi connectivity index (χ4v) is 3.48. The van der Waals surface area contributed by atoms with Gasteiger partial charge in [0.25, 0.3) is 0 Å². The van der Waals surface area contributed by atoms with Crippen molar-refractivity contribution in [1.29, 1.82) is 0 Å². The number of hydrogen-bond donors (Lipinski definition) is 1. The largest absolute Gasteiger partial charge is 0.469 e. The molecule has 1 N–H and O–H groups in total. The summed E-state index contributed by atoms with van der Waals surface area (Å²) in [5.74, 6) is 2.78. The quantitative estimate of drug-likeness (QED) is 0.630.